The number of carbonyl (C=O) groups is 1. The first-order valence-corrected chi connectivity index (χ1v) is 5.77. The first-order chi connectivity index (χ1) is 7.77. The maximum atomic E-state index is 11.3. The van der Waals surface area contributed by atoms with Crippen LogP contribution in [0.15, 0.2) is 35.3 Å². The predicted octanol–water partition coefficient (Wildman–Crippen LogP) is 2.77. The van der Waals surface area contributed by atoms with E-state index in [0.29, 0.717) is 18.6 Å². The molecule has 0 aliphatic heterocycles. The van der Waals surface area contributed by atoms with Gasteiger partial charge in [0.05, 0.1) is 0 Å². The van der Waals surface area contributed by atoms with Gasteiger partial charge in [-0.2, -0.15) is 0 Å². The van der Waals surface area contributed by atoms with Gasteiger partial charge in [0.2, 0.25) is 0 Å². The van der Waals surface area contributed by atoms with Crippen LogP contribution in [0.5, 0.6) is 0 Å². The van der Waals surface area contributed by atoms with Gasteiger partial charge in [-0.05, 0) is 25.1 Å². The van der Waals surface area contributed by atoms with Gasteiger partial charge in [-0.15, -0.1) is 0 Å². The second-order valence-electron chi connectivity index (χ2n) is 4.57. The molecule has 0 heterocycles. The van der Waals surface area contributed by atoms with Crippen LogP contribution in [0.4, 0.5) is 0 Å². The topological polar surface area (TPSA) is 29.4 Å². The van der Waals surface area contributed by atoms with Crippen molar-refractivity contribution in [2.75, 3.05) is 6.54 Å². The van der Waals surface area contributed by atoms with Crippen LogP contribution < -0.4 is 0 Å². The fraction of sp³-hybridized carbons (Fsp3) is 0.429. The largest absolute Gasteiger partial charge is 0.300 e. The number of hydrogen-bond acceptors (Lipinski definition) is 2. The van der Waals surface area contributed by atoms with Gasteiger partial charge in [-0.25, -0.2) is 0 Å². The van der Waals surface area contributed by atoms with Crippen LogP contribution in [-0.2, 0) is 10.2 Å². The van der Waals surface area contributed by atoms with E-state index in [1.165, 1.54) is 5.56 Å². The number of hydrogen-bond donors (Lipinski definition) is 0. The number of aliphatic imine (C=N–C) groups is 1. The zero-order valence-corrected chi connectivity index (χ0v) is 9.48. The average molecular weight is 215 g/mol. The number of carbonyl (C=O) groups excluding carboxylic acids is 1. The van der Waals surface area contributed by atoms with Crippen molar-refractivity contribution < 1.29 is 4.79 Å². The lowest BCUT2D eigenvalue weighted by molar-refractivity contribution is -0.121. The molecule has 1 aliphatic rings. The predicted molar refractivity (Wildman–Crippen MR) is 66.0 cm³/mol. The van der Waals surface area contributed by atoms with Crippen molar-refractivity contribution >= 4 is 12.5 Å². The Balaban J connectivity index is 2.29. The van der Waals surface area contributed by atoms with Crippen molar-refractivity contribution in [3.8, 4) is 0 Å². The van der Waals surface area contributed by atoms with E-state index in [9.17, 15) is 4.79 Å². The molecule has 2 nitrogen and oxygen atoms in total. The maximum absolute atomic E-state index is 11.3. The second-order valence-corrected chi connectivity index (χ2v) is 4.57. The van der Waals surface area contributed by atoms with Crippen molar-refractivity contribution in [3.05, 3.63) is 35.9 Å². The highest BCUT2D eigenvalue weighted by molar-refractivity contribution is 5.79. The lowest BCUT2D eigenvalue weighted by Crippen LogP contribution is -2.34. The minimum absolute atomic E-state index is 0.0525. The first kappa shape index (κ1) is 11.1. The smallest absolute Gasteiger partial charge is 0.132 e. The number of Topliss-reactive ketones (excluding diaryl/α,β-unsaturated/α-hetero) is 1. The van der Waals surface area contributed by atoms with Gasteiger partial charge >= 0.3 is 0 Å². The van der Waals surface area contributed by atoms with Crippen molar-refractivity contribution in [2.45, 2.75) is 31.1 Å². The summed E-state index contributed by atoms with van der Waals surface area (Å²) < 4.78 is 0. The van der Waals surface area contributed by atoms with Crippen LogP contribution in [0.1, 0.15) is 31.2 Å². The van der Waals surface area contributed by atoms with Crippen LogP contribution in [0, 0.1) is 0 Å². The van der Waals surface area contributed by atoms with Gasteiger partial charge in [-0.3, -0.25) is 4.79 Å². The number of ketones is 1. The minimum atomic E-state index is 0.0525. The van der Waals surface area contributed by atoms with Crippen LogP contribution in [-0.4, -0.2) is 19.0 Å². The Labute approximate surface area is 96.4 Å². The molecule has 0 radical (unpaired) electrons. The maximum Gasteiger partial charge on any atom is 0.132 e. The normalized spacial score (nSPS) is 19.4. The summed E-state index contributed by atoms with van der Waals surface area (Å²) in [4.78, 5) is 15.4. The summed E-state index contributed by atoms with van der Waals surface area (Å²) in [5.41, 5.74) is 1.35. The van der Waals surface area contributed by atoms with Gasteiger partial charge < -0.3 is 4.99 Å². The summed E-state index contributed by atoms with van der Waals surface area (Å²) in [5, 5.41) is 0. The lowest BCUT2D eigenvalue weighted by atomic mass is 9.69. The fourth-order valence-corrected chi connectivity index (χ4v) is 2.55. The van der Waals surface area contributed by atoms with Crippen molar-refractivity contribution in [1.29, 1.82) is 0 Å². The molecule has 0 spiro atoms. The molecule has 2 heteroatoms. The summed E-state index contributed by atoms with van der Waals surface area (Å²) in [6.45, 7) is 4.34. The molecule has 1 aliphatic carbocycles. The van der Waals surface area contributed by atoms with E-state index in [1.54, 1.807) is 0 Å². The van der Waals surface area contributed by atoms with E-state index < -0.39 is 0 Å². The van der Waals surface area contributed by atoms with E-state index in [1.807, 2.05) is 6.07 Å². The van der Waals surface area contributed by atoms with E-state index >= 15 is 0 Å². The quantitative estimate of drug-likeness (QED) is 0.713. The van der Waals surface area contributed by atoms with Gasteiger partial charge in [0.25, 0.3) is 0 Å². The van der Waals surface area contributed by atoms with E-state index in [0.717, 1.165) is 19.4 Å². The first-order valence-electron chi connectivity index (χ1n) is 5.77. The van der Waals surface area contributed by atoms with E-state index in [4.69, 9.17) is 0 Å². The molecule has 84 valence electrons. The highest BCUT2D eigenvalue weighted by Gasteiger charge is 2.35. The van der Waals surface area contributed by atoms with E-state index in [2.05, 4.69) is 36.0 Å². The Hall–Kier alpha value is -1.44. The summed E-state index contributed by atoms with van der Waals surface area (Å²) in [5.74, 6) is 0.385. The monoisotopic (exact) mass is 215 g/mol. The van der Waals surface area contributed by atoms with Crippen LogP contribution in [0.3, 0.4) is 0 Å². The molecule has 0 amide bonds. The molecule has 0 saturated heterocycles. The molecule has 0 unspecified atom stereocenters. The number of benzene rings is 1. The molecule has 1 saturated carbocycles. The van der Waals surface area contributed by atoms with Crippen LogP contribution in [0.25, 0.3) is 0 Å². The highest BCUT2D eigenvalue weighted by atomic mass is 16.1. The minimum Gasteiger partial charge on any atom is -0.300 e. The van der Waals surface area contributed by atoms with Crippen molar-refractivity contribution in [1.82, 2.24) is 0 Å². The molecule has 16 heavy (non-hydrogen) atoms. The van der Waals surface area contributed by atoms with E-state index in [-0.39, 0.29) is 5.41 Å². The Morgan fingerprint density at radius 3 is 2.38 bits per heavy atom. The molecule has 0 bridgehead atoms. The van der Waals surface area contributed by atoms with Gasteiger partial charge in [0.1, 0.15) is 5.78 Å². The Morgan fingerprint density at radius 2 is 1.81 bits per heavy atom. The zero-order valence-electron chi connectivity index (χ0n) is 9.48. The molecule has 2 rings (SSSR count). The van der Waals surface area contributed by atoms with Crippen molar-refractivity contribution in [3.63, 3.8) is 0 Å². The van der Waals surface area contributed by atoms with Gasteiger partial charge in [0, 0.05) is 24.8 Å². The summed E-state index contributed by atoms with van der Waals surface area (Å²) in [6.07, 6.45) is 3.19. The highest BCUT2D eigenvalue weighted by Crippen LogP contribution is 2.38. The third kappa shape index (κ3) is 2.06. The molecule has 0 N–H and O–H groups in total. The fourth-order valence-electron chi connectivity index (χ4n) is 2.55. The summed E-state index contributed by atoms with van der Waals surface area (Å²) in [6, 6.07) is 10.4. The SMILES string of the molecule is C=NCC1(c2ccccc2)CCC(=O)CC1. The Morgan fingerprint density at radius 1 is 1.19 bits per heavy atom. The van der Waals surface area contributed by atoms with Crippen LogP contribution in [0.2, 0.25) is 0 Å². The molecular formula is C14H17NO. The Bertz CT molecular complexity index is 373. The van der Waals surface area contributed by atoms with Gasteiger partial charge in [-0.1, -0.05) is 30.3 Å². The van der Waals surface area contributed by atoms with Crippen LogP contribution >= 0.6 is 0 Å². The summed E-state index contributed by atoms with van der Waals surface area (Å²) >= 11 is 0. The molecule has 0 aromatic heterocycles. The van der Waals surface area contributed by atoms with Crippen molar-refractivity contribution in [2.24, 2.45) is 4.99 Å². The molecular weight excluding hydrogens is 198 g/mol. The number of rotatable bonds is 3. The average Bonchev–Trinajstić information content (AvgIpc) is 2.34. The zero-order chi connectivity index (χ0) is 11.4. The molecule has 1 aromatic carbocycles. The third-order valence-electron chi connectivity index (χ3n) is 3.57. The second kappa shape index (κ2) is 4.60. The molecule has 0 atom stereocenters. The lowest BCUT2D eigenvalue weighted by Gasteiger charge is -2.36. The summed E-state index contributed by atoms with van der Waals surface area (Å²) in [7, 11) is 0. The third-order valence-corrected chi connectivity index (χ3v) is 3.57. The van der Waals surface area contributed by atoms with Gasteiger partial charge in [0.15, 0.2) is 0 Å². The standard InChI is InChI=1S/C14H17NO/c1-15-11-14(9-7-13(16)8-10-14)12-5-3-2-4-6-12/h2-6H,1,7-11H2. The number of nitrogens with zero attached hydrogens (tertiary/aromatic N) is 1. The molecule has 1 aromatic rings. The Kier molecular flexibility index (Phi) is 3.18. The molecule has 1 fully saturated rings.